The predicted molar refractivity (Wildman–Crippen MR) is 120 cm³/mol. The molecular formula is C26H38O4. The predicted octanol–water partition coefficient (Wildman–Crippen LogP) is 7.34. The van der Waals surface area contributed by atoms with Crippen LogP contribution in [0.2, 0.25) is 0 Å². The van der Waals surface area contributed by atoms with E-state index >= 15 is 0 Å². The van der Waals surface area contributed by atoms with Gasteiger partial charge in [0.05, 0.1) is 0 Å². The second kappa shape index (κ2) is 8.64. The molecule has 30 heavy (non-hydrogen) atoms. The Morgan fingerprint density at radius 1 is 1.23 bits per heavy atom. The summed E-state index contributed by atoms with van der Waals surface area (Å²) >= 11 is 0. The summed E-state index contributed by atoms with van der Waals surface area (Å²) in [5, 5.41) is 0. The number of carbonyl (C=O) groups is 1. The van der Waals surface area contributed by atoms with Crippen LogP contribution in [0, 0.1) is 5.92 Å². The molecule has 0 amide bonds. The smallest absolute Gasteiger partial charge is 0.487 e. The van der Waals surface area contributed by atoms with Gasteiger partial charge in [0.2, 0.25) is 0 Å². The molecule has 3 rings (SSSR count). The van der Waals surface area contributed by atoms with Crippen LogP contribution in [0.4, 0.5) is 4.79 Å². The second-order valence-corrected chi connectivity index (χ2v) is 10.4. The molecule has 2 unspecified atom stereocenters. The van der Waals surface area contributed by atoms with Crippen LogP contribution in [0.3, 0.4) is 0 Å². The zero-order valence-corrected chi connectivity index (χ0v) is 19.8. The molecule has 1 aromatic rings. The molecule has 1 aromatic carbocycles. The van der Waals surface area contributed by atoms with Crippen LogP contribution in [-0.4, -0.2) is 17.4 Å². The Labute approximate surface area is 182 Å². The van der Waals surface area contributed by atoms with Crippen LogP contribution in [0.25, 0.3) is 0 Å². The first-order chi connectivity index (χ1) is 14.0. The fraction of sp³-hybridized carbons (Fsp3) is 0.654. The van der Waals surface area contributed by atoms with Gasteiger partial charge in [-0.2, -0.15) is 0 Å². The van der Waals surface area contributed by atoms with Gasteiger partial charge in [-0.25, -0.2) is 4.79 Å². The summed E-state index contributed by atoms with van der Waals surface area (Å²) in [6.45, 7) is 14.3. The highest BCUT2D eigenvalue weighted by atomic mass is 16.7. The molecule has 0 N–H and O–H groups in total. The van der Waals surface area contributed by atoms with E-state index in [-0.39, 0.29) is 11.5 Å². The molecule has 0 saturated heterocycles. The second-order valence-electron chi connectivity index (χ2n) is 10.4. The van der Waals surface area contributed by atoms with Crippen molar-refractivity contribution in [1.82, 2.24) is 0 Å². The minimum atomic E-state index is -0.659. The van der Waals surface area contributed by atoms with Crippen molar-refractivity contribution in [3.8, 4) is 11.5 Å². The third kappa shape index (κ3) is 5.19. The van der Waals surface area contributed by atoms with Gasteiger partial charge >= 0.3 is 6.16 Å². The molecule has 0 spiro atoms. The van der Waals surface area contributed by atoms with E-state index in [2.05, 4.69) is 39.8 Å². The molecular weight excluding hydrogens is 376 g/mol. The highest BCUT2D eigenvalue weighted by molar-refractivity contribution is 5.67. The fourth-order valence-electron chi connectivity index (χ4n) is 4.73. The van der Waals surface area contributed by atoms with Crippen molar-refractivity contribution in [3.05, 3.63) is 34.9 Å². The average molecular weight is 415 g/mol. The van der Waals surface area contributed by atoms with E-state index in [1.165, 1.54) is 18.4 Å². The van der Waals surface area contributed by atoms with E-state index in [9.17, 15) is 4.79 Å². The summed E-state index contributed by atoms with van der Waals surface area (Å²) in [4.78, 5) is 12.5. The topological polar surface area (TPSA) is 44.8 Å². The fourth-order valence-corrected chi connectivity index (χ4v) is 4.73. The highest BCUT2D eigenvalue weighted by Crippen LogP contribution is 2.53. The van der Waals surface area contributed by atoms with Crippen LogP contribution in [0.15, 0.2) is 23.8 Å². The maximum Gasteiger partial charge on any atom is 0.514 e. The molecule has 2 atom stereocenters. The van der Waals surface area contributed by atoms with Gasteiger partial charge in [-0.05, 0) is 84.9 Å². The van der Waals surface area contributed by atoms with E-state index in [4.69, 9.17) is 14.2 Å². The molecule has 166 valence electrons. The van der Waals surface area contributed by atoms with Crippen LogP contribution >= 0.6 is 0 Å². The maximum atomic E-state index is 12.5. The van der Waals surface area contributed by atoms with Crippen LogP contribution in [0.1, 0.15) is 97.6 Å². The van der Waals surface area contributed by atoms with Gasteiger partial charge in [-0.1, -0.05) is 31.4 Å². The Kier molecular flexibility index (Phi) is 6.54. The largest absolute Gasteiger partial charge is 0.514 e. The third-order valence-electron chi connectivity index (χ3n) is 6.16. The lowest BCUT2D eigenvalue weighted by Gasteiger charge is -2.46. The Bertz CT molecular complexity index is 813. The van der Waals surface area contributed by atoms with Crippen molar-refractivity contribution in [2.24, 2.45) is 5.92 Å². The van der Waals surface area contributed by atoms with Gasteiger partial charge in [-0.3, -0.25) is 0 Å². The molecule has 1 aliphatic carbocycles. The highest BCUT2D eigenvalue weighted by Gasteiger charge is 2.45. The average Bonchev–Trinajstić information content (AvgIpc) is 2.59. The van der Waals surface area contributed by atoms with Gasteiger partial charge in [0.1, 0.15) is 22.7 Å². The summed E-state index contributed by atoms with van der Waals surface area (Å²) in [5.74, 6) is 1.96. The number of aryl methyl sites for hydroxylation is 1. The van der Waals surface area contributed by atoms with Crippen LogP contribution in [0.5, 0.6) is 11.5 Å². The van der Waals surface area contributed by atoms with Gasteiger partial charge in [0.15, 0.2) is 0 Å². The molecule has 0 fully saturated rings. The SMILES string of the molecule is CCCCCc1cc(OC(=O)OC(C)(C)C)c2c(c1)OC(C)(C)C1CCC(C)=CC21. The first kappa shape index (κ1) is 22.7. The lowest BCUT2D eigenvalue weighted by molar-refractivity contribution is 0.00757. The Balaban J connectivity index is 2.04. The van der Waals surface area contributed by atoms with E-state index in [1.807, 2.05) is 26.8 Å². The summed E-state index contributed by atoms with van der Waals surface area (Å²) < 4.78 is 17.8. The standard InChI is InChI=1S/C26H38O4/c1-8-9-10-11-18-15-21(28-24(27)30-25(3,4)5)23-19-14-17(2)12-13-20(19)26(6,7)29-22(23)16-18/h14-16,19-20H,8-13H2,1-7H3. The van der Waals surface area contributed by atoms with E-state index in [1.54, 1.807) is 0 Å². The molecule has 2 aliphatic rings. The van der Waals surface area contributed by atoms with Gasteiger partial charge in [0, 0.05) is 17.4 Å². The van der Waals surface area contributed by atoms with Crippen molar-refractivity contribution in [3.63, 3.8) is 0 Å². The number of ether oxygens (including phenoxy) is 3. The number of rotatable bonds is 5. The number of hydrogen-bond donors (Lipinski definition) is 0. The Morgan fingerprint density at radius 2 is 1.97 bits per heavy atom. The van der Waals surface area contributed by atoms with Crippen LogP contribution in [-0.2, 0) is 11.2 Å². The first-order valence-electron chi connectivity index (χ1n) is 11.4. The van der Waals surface area contributed by atoms with Crippen LogP contribution < -0.4 is 9.47 Å². The molecule has 4 heteroatoms. The minimum absolute atomic E-state index is 0.180. The number of hydrogen-bond acceptors (Lipinski definition) is 4. The van der Waals surface area contributed by atoms with E-state index < -0.39 is 11.8 Å². The zero-order valence-electron chi connectivity index (χ0n) is 19.8. The Hall–Kier alpha value is -1.97. The van der Waals surface area contributed by atoms with Crippen molar-refractivity contribution in [2.45, 2.75) is 104 Å². The summed E-state index contributed by atoms with van der Waals surface area (Å²) in [5.41, 5.74) is 2.66. The minimum Gasteiger partial charge on any atom is -0.487 e. The normalized spacial score (nSPS) is 22.3. The number of fused-ring (bicyclic) bond motifs is 3. The number of unbranched alkanes of at least 4 members (excludes halogenated alkanes) is 2. The third-order valence-corrected chi connectivity index (χ3v) is 6.16. The number of benzene rings is 1. The lowest BCUT2D eigenvalue weighted by atomic mass is 9.68. The van der Waals surface area contributed by atoms with Crippen molar-refractivity contribution < 1.29 is 19.0 Å². The maximum absolute atomic E-state index is 12.5. The van der Waals surface area contributed by atoms with Crippen molar-refractivity contribution >= 4 is 6.16 Å². The molecule has 4 nitrogen and oxygen atoms in total. The molecule has 0 bridgehead atoms. The Morgan fingerprint density at radius 3 is 2.63 bits per heavy atom. The molecule has 0 radical (unpaired) electrons. The molecule has 0 saturated carbocycles. The van der Waals surface area contributed by atoms with Crippen molar-refractivity contribution in [2.75, 3.05) is 0 Å². The molecule has 1 heterocycles. The van der Waals surface area contributed by atoms with Crippen molar-refractivity contribution in [1.29, 1.82) is 0 Å². The summed E-state index contributed by atoms with van der Waals surface area (Å²) in [7, 11) is 0. The quantitative estimate of drug-likeness (QED) is 0.219. The molecule has 1 aliphatic heterocycles. The first-order valence-corrected chi connectivity index (χ1v) is 11.4. The number of allylic oxidation sites excluding steroid dienone is 2. The number of carbonyl (C=O) groups excluding carboxylic acids is 1. The molecule has 0 aromatic heterocycles. The van der Waals surface area contributed by atoms with Gasteiger partial charge in [0.25, 0.3) is 0 Å². The summed E-state index contributed by atoms with van der Waals surface area (Å²) in [6.07, 6.45) is 8.24. The van der Waals surface area contributed by atoms with Gasteiger partial charge in [-0.15, -0.1) is 0 Å². The van der Waals surface area contributed by atoms with Gasteiger partial charge < -0.3 is 14.2 Å². The monoisotopic (exact) mass is 414 g/mol. The zero-order chi connectivity index (χ0) is 22.1. The van der Waals surface area contributed by atoms with E-state index in [0.717, 1.165) is 42.6 Å². The lowest BCUT2D eigenvalue weighted by Crippen LogP contribution is -2.45. The summed E-state index contributed by atoms with van der Waals surface area (Å²) in [6, 6.07) is 4.18. The van der Waals surface area contributed by atoms with E-state index in [0.29, 0.717) is 11.7 Å².